The van der Waals surface area contributed by atoms with Gasteiger partial charge in [0.1, 0.15) is 18.1 Å². The van der Waals surface area contributed by atoms with E-state index in [2.05, 4.69) is 28.9 Å². The Balaban J connectivity index is 1.66. The van der Waals surface area contributed by atoms with Gasteiger partial charge in [0.2, 0.25) is 0 Å². The second-order valence-electron chi connectivity index (χ2n) is 7.22. The Hall–Kier alpha value is -2.79. The van der Waals surface area contributed by atoms with Gasteiger partial charge in [0.25, 0.3) is 5.91 Å². The monoisotopic (exact) mass is 394 g/mol. The molecule has 1 unspecified atom stereocenters. The van der Waals surface area contributed by atoms with Gasteiger partial charge in [0.05, 0.1) is 13.2 Å². The van der Waals surface area contributed by atoms with Crippen molar-refractivity contribution in [2.75, 3.05) is 33.4 Å². The first kappa shape index (κ1) is 20.9. The van der Waals surface area contributed by atoms with Gasteiger partial charge in [0, 0.05) is 12.1 Å². The lowest BCUT2D eigenvalue weighted by molar-refractivity contribution is 0.0924. The molecule has 1 N–H and O–H groups in total. The third-order valence-corrected chi connectivity index (χ3v) is 5.27. The van der Waals surface area contributed by atoms with Crippen molar-refractivity contribution in [1.29, 1.82) is 0 Å². The molecule has 0 aromatic heterocycles. The molecule has 1 aliphatic heterocycles. The Kier molecular flexibility index (Phi) is 7.70. The van der Waals surface area contributed by atoms with Crippen LogP contribution >= 0.6 is 0 Å². The zero-order chi connectivity index (χ0) is 20.5. The zero-order valence-electron chi connectivity index (χ0n) is 17.1. The third-order valence-electron chi connectivity index (χ3n) is 5.27. The number of carbonyl (C=O) groups is 1. The van der Waals surface area contributed by atoms with Gasteiger partial charge in [-0.05, 0) is 67.9 Å². The lowest BCUT2D eigenvalue weighted by Crippen LogP contribution is -2.40. The molecule has 0 spiro atoms. The highest BCUT2D eigenvalue weighted by atomic mass is 16.5. The van der Waals surface area contributed by atoms with Gasteiger partial charge < -0.3 is 14.8 Å². The normalized spacial score (nSPS) is 15.3. The van der Waals surface area contributed by atoms with E-state index < -0.39 is 0 Å². The highest BCUT2D eigenvalue weighted by Gasteiger charge is 2.23. The number of carbonyl (C=O) groups excluding carboxylic acids is 1. The van der Waals surface area contributed by atoms with Crippen LogP contribution in [0.5, 0.6) is 11.5 Å². The first-order valence-electron chi connectivity index (χ1n) is 10.2. The van der Waals surface area contributed by atoms with Crippen molar-refractivity contribution in [3.8, 4) is 11.5 Å². The van der Waals surface area contributed by atoms with Gasteiger partial charge >= 0.3 is 0 Å². The van der Waals surface area contributed by atoms with E-state index >= 15 is 0 Å². The molecule has 1 amide bonds. The number of ether oxygens (including phenoxy) is 2. The molecule has 0 saturated carbocycles. The molecular weight excluding hydrogens is 364 g/mol. The maximum Gasteiger partial charge on any atom is 0.251 e. The maximum atomic E-state index is 12.7. The average Bonchev–Trinajstić information content (AvgIpc) is 2.79. The maximum absolute atomic E-state index is 12.7. The largest absolute Gasteiger partial charge is 0.497 e. The molecule has 1 heterocycles. The minimum Gasteiger partial charge on any atom is -0.497 e. The molecule has 3 rings (SSSR count). The Labute approximate surface area is 173 Å². The molecule has 2 aromatic carbocycles. The van der Waals surface area contributed by atoms with E-state index in [1.807, 2.05) is 24.3 Å². The van der Waals surface area contributed by atoms with E-state index in [9.17, 15) is 4.79 Å². The van der Waals surface area contributed by atoms with Gasteiger partial charge in [-0.25, -0.2) is 0 Å². The number of methoxy groups -OCH3 is 1. The summed E-state index contributed by atoms with van der Waals surface area (Å²) in [5.41, 5.74) is 1.82. The SMILES string of the molecule is C=CCOc1ccc(C(=O)NCC(c2ccc(OC)cc2)N2CCCCC2)cc1. The number of nitrogens with one attached hydrogen (secondary N) is 1. The van der Waals surface area contributed by atoms with Crippen molar-refractivity contribution in [2.24, 2.45) is 0 Å². The van der Waals surface area contributed by atoms with Gasteiger partial charge in [-0.3, -0.25) is 9.69 Å². The smallest absolute Gasteiger partial charge is 0.251 e. The first-order chi connectivity index (χ1) is 14.2. The number of likely N-dealkylation sites (tertiary alicyclic amines) is 1. The zero-order valence-corrected chi connectivity index (χ0v) is 17.1. The minimum atomic E-state index is -0.0733. The molecule has 5 heteroatoms. The lowest BCUT2D eigenvalue weighted by atomic mass is 10.0. The van der Waals surface area contributed by atoms with Gasteiger partial charge in [-0.15, -0.1) is 0 Å². The van der Waals surface area contributed by atoms with Crippen molar-refractivity contribution in [2.45, 2.75) is 25.3 Å². The van der Waals surface area contributed by atoms with E-state index in [0.717, 1.165) is 24.6 Å². The summed E-state index contributed by atoms with van der Waals surface area (Å²) in [4.78, 5) is 15.2. The summed E-state index contributed by atoms with van der Waals surface area (Å²) in [6, 6.07) is 15.5. The van der Waals surface area contributed by atoms with Crippen molar-refractivity contribution < 1.29 is 14.3 Å². The van der Waals surface area contributed by atoms with Crippen LogP contribution in [0.2, 0.25) is 0 Å². The second-order valence-corrected chi connectivity index (χ2v) is 7.22. The summed E-state index contributed by atoms with van der Waals surface area (Å²) < 4.78 is 10.8. The van der Waals surface area contributed by atoms with Crippen LogP contribution < -0.4 is 14.8 Å². The standard InChI is InChI=1S/C24H30N2O3/c1-3-17-29-22-13-9-20(10-14-22)24(27)25-18-23(26-15-5-4-6-16-26)19-7-11-21(28-2)12-8-19/h3,7-14,23H,1,4-6,15-18H2,2H3,(H,25,27). The predicted molar refractivity (Wildman–Crippen MR) is 116 cm³/mol. The minimum absolute atomic E-state index is 0.0733. The highest BCUT2D eigenvalue weighted by Crippen LogP contribution is 2.26. The predicted octanol–water partition coefficient (Wildman–Crippen LogP) is 4.22. The summed E-state index contributed by atoms with van der Waals surface area (Å²) in [5.74, 6) is 1.50. The Morgan fingerprint density at radius 1 is 1.07 bits per heavy atom. The fourth-order valence-electron chi connectivity index (χ4n) is 3.66. The fraction of sp³-hybridized carbons (Fsp3) is 0.375. The molecular formula is C24H30N2O3. The van der Waals surface area contributed by atoms with Crippen LogP contribution in [0.15, 0.2) is 61.2 Å². The van der Waals surface area contributed by atoms with Gasteiger partial charge in [-0.2, -0.15) is 0 Å². The number of amides is 1. The van der Waals surface area contributed by atoms with Crippen LogP contribution in [-0.2, 0) is 0 Å². The van der Waals surface area contributed by atoms with Crippen LogP contribution in [0.1, 0.15) is 41.2 Å². The third kappa shape index (κ3) is 5.84. The number of hydrogen-bond donors (Lipinski definition) is 1. The molecule has 0 aliphatic carbocycles. The molecule has 2 aromatic rings. The summed E-state index contributed by atoms with van der Waals surface area (Å²) in [5, 5.41) is 3.12. The van der Waals surface area contributed by atoms with E-state index in [1.165, 1.54) is 24.8 Å². The van der Waals surface area contributed by atoms with Crippen LogP contribution in [0.3, 0.4) is 0 Å². The van der Waals surface area contributed by atoms with E-state index in [4.69, 9.17) is 9.47 Å². The summed E-state index contributed by atoms with van der Waals surface area (Å²) >= 11 is 0. The molecule has 1 saturated heterocycles. The van der Waals surface area contributed by atoms with Crippen LogP contribution in [0.25, 0.3) is 0 Å². The summed E-state index contributed by atoms with van der Waals surface area (Å²) in [6.07, 6.45) is 5.37. The molecule has 1 aliphatic rings. The van der Waals surface area contributed by atoms with Crippen molar-refractivity contribution in [1.82, 2.24) is 10.2 Å². The summed E-state index contributed by atoms with van der Waals surface area (Å²) in [6.45, 7) is 6.77. The molecule has 0 radical (unpaired) electrons. The average molecular weight is 395 g/mol. The fourth-order valence-corrected chi connectivity index (χ4v) is 3.66. The Bertz CT molecular complexity index is 781. The number of benzene rings is 2. The molecule has 5 nitrogen and oxygen atoms in total. The second kappa shape index (κ2) is 10.7. The molecule has 0 bridgehead atoms. The lowest BCUT2D eigenvalue weighted by Gasteiger charge is -2.35. The molecule has 1 fully saturated rings. The quantitative estimate of drug-likeness (QED) is 0.647. The van der Waals surface area contributed by atoms with Crippen molar-refractivity contribution in [3.63, 3.8) is 0 Å². The van der Waals surface area contributed by atoms with Crippen LogP contribution in [0, 0.1) is 0 Å². The number of rotatable bonds is 9. The van der Waals surface area contributed by atoms with Crippen molar-refractivity contribution >= 4 is 5.91 Å². The number of hydrogen-bond acceptors (Lipinski definition) is 4. The van der Waals surface area contributed by atoms with Gasteiger partial charge in [-0.1, -0.05) is 31.2 Å². The highest BCUT2D eigenvalue weighted by molar-refractivity contribution is 5.94. The van der Waals surface area contributed by atoms with Crippen molar-refractivity contribution in [3.05, 3.63) is 72.3 Å². The summed E-state index contributed by atoms with van der Waals surface area (Å²) in [7, 11) is 1.67. The molecule has 29 heavy (non-hydrogen) atoms. The van der Waals surface area contributed by atoms with E-state index in [0.29, 0.717) is 18.7 Å². The van der Waals surface area contributed by atoms with Crippen LogP contribution in [-0.4, -0.2) is 44.2 Å². The van der Waals surface area contributed by atoms with Crippen LogP contribution in [0.4, 0.5) is 0 Å². The molecule has 154 valence electrons. The Morgan fingerprint density at radius 3 is 2.34 bits per heavy atom. The van der Waals surface area contributed by atoms with Gasteiger partial charge in [0.15, 0.2) is 0 Å². The first-order valence-corrected chi connectivity index (χ1v) is 10.2. The Morgan fingerprint density at radius 2 is 1.72 bits per heavy atom. The molecule has 1 atom stereocenters. The number of nitrogens with zero attached hydrogens (tertiary/aromatic N) is 1. The van der Waals surface area contributed by atoms with E-state index in [-0.39, 0.29) is 11.9 Å². The topological polar surface area (TPSA) is 50.8 Å². The number of piperidine rings is 1. The van der Waals surface area contributed by atoms with E-state index in [1.54, 1.807) is 25.3 Å².